The maximum atomic E-state index is 13.0. The summed E-state index contributed by atoms with van der Waals surface area (Å²) < 4.78 is 0. The van der Waals surface area contributed by atoms with Crippen molar-refractivity contribution in [3.05, 3.63) is 65.2 Å². The number of para-hydroxylation sites is 1. The number of fused-ring (bicyclic) bond motifs is 2. The largest absolute Gasteiger partial charge is 0.309 e. The van der Waals surface area contributed by atoms with Gasteiger partial charge in [-0.15, -0.1) is 0 Å². The van der Waals surface area contributed by atoms with Crippen LogP contribution in [0.1, 0.15) is 33.2 Å². The molecule has 0 aromatic heterocycles. The van der Waals surface area contributed by atoms with Gasteiger partial charge in [-0.1, -0.05) is 30.3 Å². The lowest BCUT2D eigenvalue weighted by Gasteiger charge is -2.27. The third kappa shape index (κ3) is 2.18. The number of carbonyl (C=O) groups excluding carboxylic acids is 3. The zero-order valence-electron chi connectivity index (χ0n) is 13.5. The number of anilines is 1. The molecule has 2 aliphatic heterocycles. The van der Waals surface area contributed by atoms with Crippen LogP contribution in [0.25, 0.3) is 0 Å². The van der Waals surface area contributed by atoms with Crippen LogP contribution in [0.2, 0.25) is 0 Å². The first kappa shape index (κ1) is 15.3. The van der Waals surface area contributed by atoms with Crippen molar-refractivity contribution in [2.75, 3.05) is 11.4 Å². The highest BCUT2D eigenvalue weighted by Crippen LogP contribution is 2.29. The quantitative estimate of drug-likeness (QED) is 0.790. The van der Waals surface area contributed by atoms with E-state index in [2.05, 4.69) is 4.99 Å². The van der Waals surface area contributed by atoms with Crippen molar-refractivity contribution in [3.63, 3.8) is 0 Å². The Labute approximate surface area is 144 Å². The zero-order chi connectivity index (χ0) is 17.6. The molecule has 2 aromatic rings. The molecule has 2 aliphatic rings. The van der Waals surface area contributed by atoms with E-state index in [0.29, 0.717) is 17.7 Å². The van der Waals surface area contributed by atoms with Crippen molar-refractivity contribution in [2.24, 2.45) is 4.99 Å². The molecule has 0 bridgehead atoms. The van der Waals surface area contributed by atoms with Gasteiger partial charge in [-0.25, -0.2) is 4.90 Å². The SMILES string of the molecule is CCN1C(=O)C(N2C(=O)c3ccccc3C2=O)N=Cc2ccccc21. The normalized spacial score (nSPS) is 19.1. The van der Waals surface area contributed by atoms with Gasteiger partial charge in [0.05, 0.1) is 16.8 Å². The highest BCUT2D eigenvalue weighted by Gasteiger charge is 2.44. The minimum atomic E-state index is -1.19. The minimum Gasteiger partial charge on any atom is -0.309 e. The molecule has 3 amide bonds. The van der Waals surface area contributed by atoms with E-state index in [1.807, 2.05) is 31.2 Å². The summed E-state index contributed by atoms with van der Waals surface area (Å²) >= 11 is 0. The number of benzene rings is 2. The van der Waals surface area contributed by atoms with Crippen LogP contribution < -0.4 is 4.90 Å². The zero-order valence-corrected chi connectivity index (χ0v) is 13.5. The molecular formula is C19H15N3O3. The molecule has 0 N–H and O–H groups in total. The molecule has 0 aliphatic carbocycles. The van der Waals surface area contributed by atoms with E-state index in [1.165, 1.54) is 0 Å². The van der Waals surface area contributed by atoms with Gasteiger partial charge in [0, 0.05) is 18.3 Å². The molecule has 6 nitrogen and oxygen atoms in total. The van der Waals surface area contributed by atoms with Crippen molar-refractivity contribution in [2.45, 2.75) is 13.1 Å². The van der Waals surface area contributed by atoms with E-state index in [-0.39, 0.29) is 0 Å². The van der Waals surface area contributed by atoms with Gasteiger partial charge >= 0.3 is 0 Å². The van der Waals surface area contributed by atoms with Gasteiger partial charge in [-0.3, -0.25) is 19.4 Å². The molecule has 2 aromatic carbocycles. The molecule has 124 valence electrons. The second kappa shape index (κ2) is 5.66. The number of aliphatic imine (C=N–C) groups is 1. The molecule has 1 atom stereocenters. The Morgan fingerprint density at radius 1 is 0.920 bits per heavy atom. The topological polar surface area (TPSA) is 70.1 Å². The molecule has 0 spiro atoms. The number of amides is 3. The molecule has 0 fully saturated rings. The lowest BCUT2D eigenvalue weighted by atomic mass is 10.1. The molecule has 4 rings (SSSR count). The highest BCUT2D eigenvalue weighted by molar-refractivity contribution is 6.23. The molecule has 25 heavy (non-hydrogen) atoms. The van der Waals surface area contributed by atoms with Gasteiger partial charge < -0.3 is 4.90 Å². The summed E-state index contributed by atoms with van der Waals surface area (Å²) in [6.07, 6.45) is 0.358. The second-order valence-corrected chi connectivity index (χ2v) is 5.82. The fourth-order valence-electron chi connectivity index (χ4n) is 3.25. The molecular weight excluding hydrogens is 318 g/mol. The van der Waals surface area contributed by atoms with Gasteiger partial charge in [0.25, 0.3) is 17.7 Å². The lowest BCUT2D eigenvalue weighted by Crippen LogP contribution is -2.49. The van der Waals surface area contributed by atoms with Gasteiger partial charge in [0.15, 0.2) is 0 Å². The Kier molecular flexibility index (Phi) is 3.46. The molecule has 6 heteroatoms. The average molecular weight is 333 g/mol. The van der Waals surface area contributed by atoms with Crippen molar-refractivity contribution in [1.82, 2.24) is 4.90 Å². The summed E-state index contributed by atoms with van der Waals surface area (Å²) in [5, 5.41) is 0. The van der Waals surface area contributed by atoms with E-state index < -0.39 is 23.9 Å². The maximum absolute atomic E-state index is 13.0. The first-order valence-electron chi connectivity index (χ1n) is 8.04. The Bertz CT molecular complexity index is 900. The summed E-state index contributed by atoms with van der Waals surface area (Å²) in [5.74, 6) is -1.37. The van der Waals surface area contributed by atoms with Crippen LogP contribution in [-0.4, -0.2) is 41.5 Å². The first-order valence-corrected chi connectivity index (χ1v) is 8.04. The fraction of sp³-hybridized carbons (Fsp3) is 0.158. The van der Waals surface area contributed by atoms with Gasteiger partial charge in [0.2, 0.25) is 6.17 Å². The van der Waals surface area contributed by atoms with E-state index in [1.54, 1.807) is 35.4 Å². The van der Waals surface area contributed by atoms with Crippen LogP contribution in [0.4, 0.5) is 5.69 Å². The van der Waals surface area contributed by atoms with Crippen LogP contribution in [0.15, 0.2) is 53.5 Å². The summed E-state index contributed by atoms with van der Waals surface area (Å²) in [7, 11) is 0. The lowest BCUT2D eigenvalue weighted by molar-refractivity contribution is -0.122. The van der Waals surface area contributed by atoms with Crippen molar-refractivity contribution in [3.8, 4) is 0 Å². The predicted octanol–water partition coefficient (Wildman–Crippen LogP) is 2.09. The smallest absolute Gasteiger partial charge is 0.272 e. The van der Waals surface area contributed by atoms with Crippen LogP contribution >= 0.6 is 0 Å². The van der Waals surface area contributed by atoms with E-state index in [0.717, 1.165) is 16.2 Å². The summed E-state index contributed by atoms with van der Waals surface area (Å²) in [6.45, 7) is 2.26. The van der Waals surface area contributed by atoms with Gasteiger partial charge in [-0.05, 0) is 25.1 Å². The second-order valence-electron chi connectivity index (χ2n) is 5.82. The summed E-state index contributed by atoms with van der Waals surface area (Å²) in [4.78, 5) is 45.2. The molecule has 0 saturated heterocycles. The predicted molar refractivity (Wildman–Crippen MR) is 92.8 cm³/mol. The number of hydrogen-bond acceptors (Lipinski definition) is 4. The summed E-state index contributed by atoms with van der Waals surface area (Å²) in [5.41, 5.74) is 2.11. The number of imide groups is 1. The van der Waals surface area contributed by atoms with Gasteiger partial charge in [-0.2, -0.15) is 0 Å². The summed E-state index contributed by atoms with van der Waals surface area (Å²) in [6, 6.07) is 13.9. The number of carbonyl (C=O) groups is 3. The van der Waals surface area contributed by atoms with Crippen molar-refractivity contribution in [1.29, 1.82) is 0 Å². The minimum absolute atomic E-state index is 0.306. The van der Waals surface area contributed by atoms with Crippen LogP contribution in [0, 0.1) is 0 Å². The number of hydrogen-bond donors (Lipinski definition) is 0. The molecule has 1 unspecified atom stereocenters. The Morgan fingerprint density at radius 2 is 1.52 bits per heavy atom. The molecule has 2 heterocycles. The number of nitrogens with zero attached hydrogens (tertiary/aromatic N) is 3. The van der Waals surface area contributed by atoms with E-state index >= 15 is 0 Å². The molecule has 0 radical (unpaired) electrons. The Hall–Kier alpha value is -3.28. The van der Waals surface area contributed by atoms with Crippen LogP contribution in [0.5, 0.6) is 0 Å². The van der Waals surface area contributed by atoms with E-state index in [9.17, 15) is 14.4 Å². The number of likely N-dealkylation sites (N-methyl/N-ethyl adjacent to an activating group) is 1. The first-order chi connectivity index (χ1) is 12.1. The van der Waals surface area contributed by atoms with Crippen LogP contribution in [0.3, 0.4) is 0 Å². The Balaban J connectivity index is 1.79. The standard InChI is InChI=1S/C19H15N3O3/c1-2-21-15-10-6-3-7-12(15)11-20-16(19(21)25)22-17(23)13-8-4-5-9-14(13)18(22)24/h3-11,16H,2H2,1H3. The van der Waals surface area contributed by atoms with Gasteiger partial charge in [0.1, 0.15) is 0 Å². The highest BCUT2D eigenvalue weighted by atomic mass is 16.2. The number of rotatable bonds is 2. The van der Waals surface area contributed by atoms with Crippen molar-refractivity contribution >= 4 is 29.6 Å². The fourth-order valence-corrected chi connectivity index (χ4v) is 3.25. The third-order valence-corrected chi connectivity index (χ3v) is 4.46. The Morgan fingerprint density at radius 3 is 2.16 bits per heavy atom. The molecule has 0 saturated carbocycles. The third-order valence-electron chi connectivity index (χ3n) is 4.46. The van der Waals surface area contributed by atoms with Crippen molar-refractivity contribution < 1.29 is 14.4 Å². The monoisotopic (exact) mass is 333 g/mol. The van der Waals surface area contributed by atoms with E-state index in [4.69, 9.17) is 0 Å². The average Bonchev–Trinajstić information content (AvgIpc) is 2.80. The van der Waals surface area contributed by atoms with Crippen LogP contribution in [-0.2, 0) is 4.79 Å². The maximum Gasteiger partial charge on any atom is 0.272 e. The number of benzodiazepines with no additional fused rings is 1.